The molecule has 0 aliphatic heterocycles. The monoisotopic (exact) mass is 293 g/mol. The van der Waals surface area contributed by atoms with Gasteiger partial charge >= 0.3 is 0 Å². The van der Waals surface area contributed by atoms with Gasteiger partial charge in [-0.1, -0.05) is 18.5 Å². The second-order valence-electron chi connectivity index (χ2n) is 4.23. The fourth-order valence-electron chi connectivity index (χ4n) is 1.83. The summed E-state index contributed by atoms with van der Waals surface area (Å²) in [6.07, 6.45) is 3.43. The van der Waals surface area contributed by atoms with Crippen molar-refractivity contribution in [1.29, 1.82) is 0 Å². The van der Waals surface area contributed by atoms with Gasteiger partial charge in [-0.2, -0.15) is 5.10 Å². The Morgan fingerprint density at radius 2 is 2.25 bits per heavy atom. The molecule has 1 aromatic carbocycles. The van der Waals surface area contributed by atoms with Crippen molar-refractivity contribution in [2.45, 2.75) is 19.9 Å². The first-order chi connectivity index (χ1) is 9.51. The van der Waals surface area contributed by atoms with Crippen LogP contribution in [-0.4, -0.2) is 20.5 Å². The van der Waals surface area contributed by atoms with Crippen LogP contribution in [0.2, 0.25) is 5.02 Å². The molecular weight excluding hydrogens is 282 g/mol. The zero-order valence-electron chi connectivity index (χ0n) is 10.7. The van der Waals surface area contributed by atoms with Gasteiger partial charge in [-0.25, -0.2) is 0 Å². The molecule has 20 heavy (non-hydrogen) atoms. The number of aromatic nitrogens is 2. The Morgan fingerprint density at radius 1 is 1.50 bits per heavy atom. The molecule has 6 nitrogen and oxygen atoms in total. The van der Waals surface area contributed by atoms with Gasteiger partial charge in [-0.05, 0) is 12.1 Å². The zero-order valence-corrected chi connectivity index (χ0v) is 11.5. The molecule has 2 aromatic rings. The molecule has 0 aliphatic rings. The van der Waals surface area contributed by atoms with Gasteiger partial charge in [-0.3, -0.25) is 19.6 Å². The Balaban J connectivity index is 2.30. The molecule has 2 rings (SSSR count). The van der Waals surface area contributed by atoms with Crippen molar-refractivity contribution in [1.82, 2.24) is 9.78 Å². The van der Waals surface area contributed by atoms with Gasteiger partial charge in [0.2, 0.25) is 0 Å². The highest BCUT2D eigenvalue weighted by Crippen LogP contribution is 2.23. The van der Waals surface area contributed by atoms with Crippen molar-refractivity contribution in [3.8, 4) is 0 Å². The number of hydrogen-bond donors (Lipinski definition) is 0. The van der Waals surface area contributed by atoms with Crippen molar-refractivity contribution in [3.05, 3.63) is 56.9 Å². The van der Waals surface area contributed by atoms with E-state index in [-0.39, 0.29) is 18.0 Å². The number of nitrogens with zero attached hydrogens (tertiary/aromatic N) is 3. The molecule has 7 heteroatoms. The van der Waals surface area contributed by atoms with Crippen molar-refractivity contribution in [2.24, 2.45) is 0 Å². The standard InChI is InChI=1S/C13H12ClN3O3/c1-2-13(18)10-6-15-16(8-10)7-9-5-11(14)3-4-12(9)17(19)20/h3-6,8H,2,7H2,1H3. The number of ketones is 1. The van der Waals surface area contributed by atoms with Crippen molar-refractivity contribution in [3.63, 3.8) is 0 Å². The highest BCUT2D eigenvalue weighted by molar-refractivity contribution is 6.30. The number of hydrogen-bond acceptors (Lipinski definition) is 4. The van der Waals surface area contributed by atoms with Gasteiger partial charge in [-0.15, -0.1) is 0 Å². The number of halogens is 1. The highest BCUT2D eigenvalue weighted by Gasteiger charge is 2.15. The largest absolute Gasteiger partial charge is 0.294 e. The predicted molar refractivity (Wildman–Crippen MR) is 74.1 cm³/mol. The van der Waals surface area contributed by atoms with Crippen LogP contribution in [0.4, 0.5) is 5.69 Å². The third kappa shape index (κ3) is 3.03. The number of nitro benzene ring substituents is 1. The van der Waals surface area contributed by atoms with E-state index in [2.05, 4.69) is 5.10 Å². The summed E-state index contributed by atoms with van der Waals surface area (Å²) in [4.78, 5) is 22.0. The van der Waals surface area contributed by atoms with Gasteiger partial charge in [0.1, 0.15) is 0 Å². The van der Waals surface area contributed by atoms with Crippen LogP contribution in [0, 0.1) is 10.1 Å². The number of carbonyl (C=O) groups is 1. The quantitative estimate of drug-likeness (QED) is 0.482. The van der Waals surface area contributed by atoms with E-state index in [9.17, 15) is 14.9 Å². The summed E-state index contributed by atoms with van der Waals surface area (Å²) in [5, 5.41) is 15.4. The van der Waals surface area contributed by atoms with E-state index in [0.29, 0.717) is 22.6 Å². The smallest absolute Gasteiger partial charge is 0.274 e. The Morgan fingerprint density at radius 3 is 2.90 bits per heavy atom. The lowest BCUT2D eigenvalue weighted by atomic mass is 10.2. The Bertz CT molecular complexity index is 667. The normalized spacial score (nSPS) is 10.5. The van der Waals surface area contributed by atoms with E-state index < -0.39 is 4.92 Å². The van der Waals surface area contributed by atoms with E-state index in [1.165, 1.54) is 29.1 Å². The maximum atomic E-state index is 11.5. The molecule has 0 bridgehead atoms. The van der Waals surface area contributed by atoms with Crippen molar-refractivity contribution in [2.75, 3.05) is 0 Å². The van der Waals surface area contributed by atoms with Crippen LogP contribution in [0.3, 0.4) is 0 Å². The third-order valence-electron chi connectivity index (χ3n) is 2.85. The number of carbonyl (C=O) groups excluding carboxylic acids is 1. The molecule has 0 saturated carbocycles. The minimum absolute atomic E-state index is 0.0168. The maximum absolute atomic E-state index is 11.5. The molecule has 0 aliphatic carbocycles. The highest BCUT2D eigenvalue weighted by atomic mass is 35.5. The van der Waals surface area contributed by atoms with E-state index in [0.717, 1.165) is 0 Å². The van der Waals surface area contributed by atoms with Gasteiger partial charge < -0.3 is 0 Å². The van der Waals surface area contributed by atoms with Gasteiger partial charge in [0.05, 0.1) is 28.8 Å². The van der Waals surface area contributed by atoms with Gasteiger partial charge in [0.25, 0.3) is 5.69 Å². The summed E-state index contributed by atoms with van der Waals surface area (Å²) in [5.41, 5.74) is 0.923. The van der Waals surface area contributed by atoms with Crippen LogP contribution in [0.5, 0.6) is 0 Å². The van der Waals surface area contributed by atoms with Crippen LogP contribution < -0.4 is 0 Å². The lowest BCUT2D eigenvalue weighted by Crippen LogP contribution is -2.04. The summed E-state index contributed by atoms with van der Waals surface area (Å²) >= 11 is 5.86. The fraction of sp³-hybridized carbons (Fsp3) is 0.231. The summed E-state index contributed by atoms with van der Waals surface area (Å²) in [5.74, 6) is -0.0168. The lowest BCUT2D eigenvalue weighted by molar-refractivity contribution is -0.385. The topological polar surface area (TPSA) is 78.0 Å². The van der Waals surface area contributed by atoms with Crippen molar-refractivity contribution < 1.29 is 9.72 Å². The second kappa shape index (κ2) is 5.83. The molecule has 0 spiro atoms. The molecule has 0 fully saturated rings. The van der Waals surface area contributed by atoms with E-state index in [4.69, 9.17) is 11.6 Å². The number of rotatable bonds is 5. The molecule has 0 amide bonds. The number of Topliss-reactive ketones (excluding diaryl/α,β-unsaturated/α-hetero) is 1. The molecule has 0 atom stereocenters. The fourth-order valence-corrected chi connectivity index (χ4v) is 2.03. The molecule has 1 aromatic heterocycles. The molecule has 1 heterocycles. The summed E-state index contributed by atoms with van der Waals surface area (Å²) in [7, 11) is 0. The molecule has 104 valence electrons. The summed E-state index contributed by atoms with van der Waals surface area (Å²) < 4.78 is 1.49. The van der Waals surface area contributed by atoms with Crippen molar-refractivity contribution >= 4 is 23.1 Å². The summed E-state index contributed by atoms with van der Waals surface area (Å²) in [6.45, 7) is 1.95. The first-order valence-corrected chi connectivity index (χ1v) is 6.37. The number of benzene rings is 1. The van der Waals surface area contributed by atoms with Gasteiger partial charge in [0, 0.05) is 23.7 Å². The van der Waals surface area contributed by atoms with E-state index in [1.807, 2.05) is 0 Å². The molecule has 0 N–H and O–H groups in total. The first kappa shape index (κ1) is 14.2. The maximum Gasteiger partial charge on any atom is 0.274 e. The Hall–Kier alpha value is -2.21. The zero-order chi connectivity index (χ0) is 14.7. The van der Waals surface area contributed by atoms with E-state index in [1.54, 1.807) is 13.1 Å². The average molecular weight is 294 g/mol. The van der Waals surface area contributed by atoms with Crippen LogP contribution in [0.25, 0.3) is 0 Å². The number of nitro groups is 1. The average Bonchev–Trinajstić information content (AvgIpc) is 2.86. The summed E-state index contributed by atoms with van der Waals surface area (Å²) in [6, 6.07) is 4.36. The third-order valence-corrected chi connectivity index (χ3v) is 3.08. The van der Waals surface area contributed by atoms with Gasteiger partial charge in [0.15, 0.2) is 5.78 Å². The Kier molecular flexibility index (Phi) is 4.14. The molecule has 0 radical (unpaired) electrons. The molecule has 0 unspecified atom stereocenters. The molecule has 0 saturated heterocycles. The predicted octanol–water partition coefficient (Wildman–Crippen LogP) is 3.09. The van der Waals surface area contributed by atoms with Crippen LogP contribution >= 0.6 is 11.6 Å². The molecular formula is C13H12ClN3O3. The lowest BCUT2D eigenvalue weighted by Gasteiger charge is -2.04. The van der Waals surface area contributed by atoms with Crippen LogP contribution in [0.15, 0.2) is 30.6 Å². The SMILES string of the molecule is CCC(=O)c1cnn(Cc2cc(Cl)ccc2[N+](=O)[O-])c1. The van der Waals surface area contributed by atoms with Crippen LogP contribution in [-0.2, 0) is 6.54 Å². The van der Waals surface area contributed by atoms with Crippen LogP contribution in [0.1, 0.15) is 29.3 Å². The minimum atomic E-state index is -0.465. The minimum Gasteiger partial charge on any atom is -0.294 e. The second-order valence-corrected chi connectivity index (χ2v) is 4.67. The first-order valence-electron chi connectivity index (χ1n) is 5.99. The Labute approximate surface area is 120 Å². The van der Waals surface area contributed by atoms with E-state index >= 15 is 0 Å².